The van der Waals surface area contributed by atoms with Crippen molar-refractivity contribution in [2.45, 2.75) is 32.6 Å². The quantitative estimate of drug-likeness (QED) is 0.106. The zero-order valence-corrected chi connectivity index (χ0v) is 29.1. The number of esters is 1. The Hall–Kier alpha value is -1.38. The Balaban J connectivity index is 0.000000177. The molecule has 0 bridgehead atoms. The molecule has 0 unspecified atom stereocenters. The first-order valence-corrected chi connectivity index (χ1v) is 13.9. The normalized spacial score (nSPS) is 12.5. The third-order valence-electron chi connectivity index (χ3n) is 6.36. The van der Waals surface area contributed by atoms with Gasteiger partial charge in [0.2, 0.25) is 0 Å². The van der Waals surface area contributed by atoms with Crippen LogP contribution in [0.4, 0.5) is 0 Å². The standard InChI is InChI=1S/C13H13IN4O2.C11H9IN4O2.K/c1-3-20-12(19)10-8-5-4-7-6-15-13(14)16-9(7)11(8)18(2)17-10;1-16-9-6(8(15-16)10(17)18)3-2-5-4-13-11(12)14-7(5)9;/h6H,3-5H2,1-2H3;4H,2-3H2,1H3,(H,17,18);/q;;+1/p-1. The number of rotatable bonds is 3. The summed E-state index contributed by atoms with van der Waals surface area (Å²) in [5.41, 5.74) is 7.48. The van der Waals surface area contributed by atoms with Crippen LogP contribution in [0.1, 0.15) is 50.2 Å². The van der Waals surface area contributed by atoms with Gasteiger partial charge in [0.15, 0.2) is 13.4 Å². The van der Waals surface area contributed by atoms with Crippen LogP contribution in [0.3, 0.4) is 0 Å². The minimum Gasteiger partial charge on any atom is -0.543 e. The second-order valence-corrected chi connectivity index (χ2v) is 10.6. The molecule has 4 aromatic rings. The van der Waals surface area contributed by atoms with Crippen LogP contribution >= 0.6 is 45.2 Å². The average Bonchev–Trinajstić information content (AvgIpc) is 3.42. The largest absolute Gasteiger partial charge is 1.00 e. The van der Waals surface area contributed by atoms with Gasteiger partial charge in [-0.2, -0.15) is 10.2 Å². The van der Waals surface area contributed by atoms with Crippen LogP contribution < -0.4 is 56.5 Å². The minimum absolute atomic E-state index is 0. The van der Waals surface area contributed by atoms with Gasteiger partial charge in [-0.15, -0.1) is 0 Å². The van der Waals surface area contributed by atoms with Crippen molar-refractivity contribution in [2.24, 2.45) is 14.1 Å². The summed E-state index contributed by atoms with van der Waals surface area (Å²) in [5.74, 6) is -1.60. The zero-order valence-electron chi connectivity index (χ0n) is 21.7. The SMILES string of the molecule is CCOC(=O)c1nn(C)c2c1CCc1cnc(I)nc1-2.Cn1nc(C(=O)[O-])c2c1-c1nc(I)ncc1CC2.[K+]. The Morgan fingerprint density at radius 2 is 1.33 bits per heavy atom. The monoisotopic (exact) mass is 778 g/mol. The van der Waals surface area contributed by atoms with Crippen LogP contribution in [0, 0.1) is 7.66 Å². The second-order valence-electron chi connectivity index (χ2n) is 8.63. The Morgan fingerprint density at radius 1 is 0.872 bits per heavy atom. The van der Waals surface area contributed by atoms with Gasteiger partial charge in [0.1, 0.15) is 5.69 Å². The molecule has 15 heteroatoms. The molecule has 4 aromatic heterocycles. The molecule has 0 saturated carbocycles. The van der Waals surface area contributed by atoms with E-state index in [4.69, 9.17) is 4.74 Å². The molecule has 12 nitrogen and oxygen atoms in total. The van der Waals surface area contributed by atoms with Gasteiger partial charge in [-0.25, -0.2) is 24.7 Å². The zero-order chi connectivity index (χ0) is 27.1. The number of aryl methyl sites for hydroxylation is 4. The molecule has 2 aliphatic rings. The van der Waals surface area contributed by atoms with Gasteiger partial charge >= 0.3 is 57.4 Å². The number of aromatic nitrogens is 8. The van der Waals surface area contributed by atoms with E-state index in [0.717, 1.165) is 58.7 Å². The number of ether oxygens (including phenoxy) is 1. The molecule has 0 aromatic carbocycles. The van der Waals surface area contributed by atoms with E-state index in [-0.39, 0.29) is 63.0 Å². The number of aromatic carboxylic acids is 1. The molecule has 6 rings (SSSR count). The van der Waals surface area contributed by atoms with Gasteiger partial charge in [0.25, 0.3) is 0 Å². The van der Waals surface area contributed by atoms with Crippen LogP contribution in [-0.2, 0) is 44.5 Å². The number of hydrogen-bond donors (Lipinski definition) is 0. The first-order chi connectivity index (χ1) is 18.2. The van der Waals surface area contributed by atoms with E-state index >= 15 is 0 Å². The topological polar surface area (TPSA) is 154 Å². The van der Waals surface area contributed by atoms with E-state index in [1.54, 1.807) is 29.5 Å². The maximum Gasteiger partial charge on any atom is 1.00 e. The predicted molar refractivity (Wildman–Crippen MR) is 149 cm³/mol. The summed E-state index contributed by atoms with van der Waals surface area (Å²) in [5, 5.41) is 19.4. The predicted octanol–water partition coefficient (Wildman–Crippen LogP) is -1.30. The molecule has 2 aliphatic carbocycles. The van der Waals surface area contributed by atoms with E-state index in [1.165, 1.54) is 0 Å². The molecule has 196 valence electrons. The molecule has 0 atom stereocenters. The fraction of sp³-hybridized carbons (Fsp3) is 0.333. The van der Waals surface area contributed by atoms with Gasteiger partial charge in [0, 0.05) is 82.8 Å². The van der Waals surface area contributed by atoms with Crippen molar-refractivity contribution >= 4 is 57.1 Å². The van der Waals surface area contributed by atoms with Crippen molar-refractivity contribution in [3.63, 3.8) is 0 Å². The molecule has 0 radical (unpaired) electrons. The van der Waals surface area contributed by atoms with E-state index < -0.39 is 5.97 Å². The van der Waals surface area contributed by atoms with Crippen LogP contribution in [0.15, 0.2) is 12.4 Å². The Labute approximate surface area is 293 Å². The van der Waals surface area contributed by atoms with Crippen molar-refractivity contribution in [3.05, 3.63) is 53.7 Å². The summed E-state index contributed by atoms with van der Waals surface area (Å²) >= 11 is 4.12. The minimum atomic E-state index is -1.24. The van der Waals surface area contributed by atoms with Gasteiger partial charge < -0.3 is 14.6 Å². The van der Waals surface area contributed by atoms with Crippen LogP contribution in [0.5, 0.6) is 0 Å². The molecule has 0 spiro atoms. The van der Waals surface area contributed by atoms with E-state index in [2.05, 4.69) is 52.7 Å². The fourth-order valence-corrected chi connectivity index (χ4v) is 5.56. The number of nitrogens with zero attached hydrogens (tertiary/aromatic N) is 8. The molecule has 0 saturated heterocycles. The molecular formula is C24H21I2KN8O4. The van der Waals surface area contributed by atoms with Crippen molar-refractivity contribution < 1.29 is 70.8 Å². The van der Waals surface area contributed by atoms with Gasteiger partial charge in [0.05, 0.1) is 35.4 Å². The Morgan fingerprint density at radius 3 is 1.79 bits per heavy atom. The van der Waals surface area contributed by atoms with Gasteiger partial charge in [-0.3, -0.25) is 9.36 Å². The fourth-order valence-electron chi connectivity index (χ4n) is 4.79. The average molecular weight is 778 g/mol. The van der Waals surface area contributed by atoms with E-state index in [0.29, 0.717) is 31.9 Å². The molecule has 0 fully saturated rings. The molecule has 0 amide bonds. The number of halogens is 2. The van der Waals surface area contributed by atoms with Gasteiger partial charge in [-0.05, 0) is 43.7 Å². The maximum atomic E-state index is 12.0. The van der Waals surface area contributed by atoms with E-state index in [1.807, 2.05) is 35.8 Å². The molecule has 4 heterocycles. The Kier molecular flexibility index (Phi) is 9.91. The van der Waals surface area contributed by atoms with Crippen molar-refractivity contribution in [1.29, 1.82) is 0 Å². The number of carbonyl (C=O) groups excluding carboxylic acids is 2. The third-order valence-corrected chi connectivity index (χ3v) is 7.40. The number of carbonyl (C=O) groups is 2. The van der Waals surface area contributed by atoms with Crippen LogP contribution in [0.2, 0.25) is 0 Å². The summed E-state index contributed by atoms with van der Waals surface area (Å²) in [6, 6.07) is 0. The molecular weight excluding hydrogens is 757 g/mol. The first kappa shape index (κ1) is 30.6. The number of carboxylic acid groups (broad SMARTS) is 1. The molecule has 39 heavy (non-hydrogen) atoms. The van der Waals surface area contributed by atoms with Crippen molar-refractivity contribution in [2.75, 3.05) is 6.61 Å². The van der Waals surface area contributed by atoms with Crippen LogP contribution in [-0.4, -0.2) is 58.0 Å². The summed E-state index contributed by atoms with van der Waals surface area (Å²) in [6.45, 7) is 2.14. The third kappa shape index (κ3) is 5.99. The summed E-state index contributed by atoms with van der Waals surface area (Å²) in [4.78, 5) is 40.3. The van der Waals surface area contributed by atoms with Gasteiger partial charge in [-0.1, -0.05) is 0 Å². The smallest absolute Gasteiger partial charge is 0.543 e. The summed E-state index contributed by atoms with van der Waals surface area (Å²) in [6.07, 6.45) is 6.57. The second kappa shape index (κ2) is 12.6. The maximum absolute atomic E-state index is 12.0. The van der Waals surface area contributed by atoms with Crippen molar-refractivity contribution in [3.8, 4) is 22.8 Å². The number of hydrogen-bond acceptors (Lipinski definition) is 10. The van der Waals surface area contributed by atoms with E-state index in [9.17, 15) is 14.7 Å². The van der Waals surface area contributed by atoms with Crippen molar-refractivity contribution in [1.82, 2.24) is 39.5 Å². The first-order valence-electron chi connectivity index (χ1n) is 11.7. The Bertz CT molecular complexity index is 1600. The number of carboxylic acids is 1. The molecule has 0 aliphatic heterocycles. The summed E-state index contributed by atoms with van der Waals surface area (Å²) in [7, 11) is 3.54. The number of fused-ring (bicyclic) bond motifs is 6. The summed E-state index contributed by atoms with van der Waals surface area (Å²) < 4.78 is 9.66. The van der Waals surface area contributed by atoms with Crippen LogP contribution in [0.25, 0.3) is 22.8 Å². The molecule has 0 N–H and O–H groups in total.